The Morgan fingerprint density at radius 2 is 2.12 bits per heavy atom. The molecule has 2 rings (SSSR count). The van der Waals surface area contributed by atoms with E-state index in [0.717, 1.165) is 37.2 Å². The zero-order chi connectivity index (χ0) is 11.4. The number of carbonyl (C=O) groups is 1. The number of urea groups is 1. The smallest absolute Gasteiger partial charge is 0.321 e. The molecule has 0 aromatic carbocycles. The summed E-state index contributed by atoms with van der Waals surface area (Å²) in [7, 11) is 0. The fraction of sp³-hybridized carbons (Fsp3) is 0.500. The van der Waals surface area contributed by atoms with E-state index in [-0.39, 0.29) is 6.03 Å². The molecule has 0 aliphatic carbocycles. The van der Waals surface area contributed by atoms with Crippen LogP contribution in [0.1, 0.15) is 24.8 Å². The quantitative estimate of drug-likeness (QED) is 0.788. The number of piperidine rings is 1. The van der Waals surface area contributed by atoms with E-state index in [1.165, 1.54) is 6.42 Å². The van der Waals surface area contributed by atoms with Crippen molar-refractivity contribution in [2.75, 3.05) is 18.4 Å². The minimum Gasteiger partial charge on any atom is -0.325 e. The van der Waals surface area contributed by atoms with E-state index in [9.17, 15) is 4.79 Å². The third kappa shape index (κ3) is 2.51. The van der Waals surface area contributed by atoms with Crippen molar-refractivity contribution < 1.29 is 4.79 Å². The molecule has 0 bridgehead atoms. The number of rotatable bonds is 1. The molecule has 1 aliphatic heterocycles. The van der Waals surface area contributed by atoms with Gasteiger partial charge in [-0.05, 0) is 37.8 Å². The predicted octanol–water partition coefficient (Wildman–Crippen LogP) is 2.41. The van der Waals surface area contributed by atoms with Crippen molar-refractivity contribution in [3.8, 4) is 0 Å². The number of nitrogens with one attached hydrogen (secondary N) is 1. The Morgan fingerprint density at radius 1 is 1.38 bits per heavy atom. The predicted molar refractivity (Wildman–Crippen MR) is 63.4 cm³/mol. The molecule has 0 unspecified atom stereocenters. The average Bonchev–Trinajstić information content (AvgIpc) is 2.33. The van der Waals surface area contributed by atoms with Crippen LogP contribution in [-0.2, 0) is 0 Å². The highest BCUT2D eigenvalue weighted by molar-refractivity contribution is 5.89. The third-order valence-electron chi connectivity index (χ3n) is 2.92. The Morgan fingerprint density at radius 3 is 2.81 bits per heavy atom. The first-order valence-corrected chi connectivity index (χ1v) is 5.74. The summed E-state index contributed by atoms with van der Waals surface area (Å²) >= 11 is 0. The van der Waals surface area contributed by atoms with Gasteiger partial charge in [-0.3, -0.25) is 4.98 Å². The van der Waals surface area contributed by atoms with Crippen molar-refractivity contribution in [3.05, 3.63) is 24.0 Å². The standard InChI is InChI=1S/C12H17N3O/c1-10-5-6-13-9-11(10)14-12(16)15-7-3-2-4-8-15/h5-6,9H,2-4,7-8H2,1H3,(H,14,16). The van der Waals surface area contributed by atoms with Gasteiger partial charge < -0.3 is 10.2 Å². The van der Waals surface area contributed by atoms with E-state index in [1.807, 2.05) is 17.9 Å². The van der Waals surface area contributed by atoms with Crippen LogP contribution in [0.15, 0.2) is 18.5 Å². The number of aryl methyl sites for hydroxylation is 1. The molecule has 1 N–H and O–H groups in total. The Kier molecular flexibility index (Phi) is 3.39. The van der Waals surface area contributed by atoms with Crippen molar-refractivity contribution >= 4 is 11.7 Å². The molecule has 2 heterocycles. The SMILES string of the molecule is Cc1ccncc1NC(=O)N1CCCCC1. The number of hydrogen-bond donors (Lipinski definition) is 1. The first kappa shape index (κ1) is 10.9. The average molecular weight is 219 g/mol. The van der Waals surface area contributed by atoms with Crippen molar-refractivity contribution in [1.29, 1.82) is 0 Å². The van der Waals surface area contributed by atoms with E-state index in [0.29, 0.717) is 0 Å². The highest BCUT2D eigenvalue weighted by atomic mass is 16.2. The lowest BCUT2D eigenvalue weighted by Crippen LogP contribution is -2.38. The van der Waals surface area contributed by atoms with Gasteiger partial charge in [0.2, 0.25) is 0 Å². The van der Waals surface area contributed by atoms with Crippen molar-refractivity contribution in [2.24, 2.45) is 0 Å². The zero-order valence-electron chi connectivity index (χ0n) is 9.57. The van der Waals surface area contributed by atoms with Crippen LogP contribution in [0.3, 0.4) is 0 Å². The van der Waals surface area contributed by atoms with E-state index >= 15 is 0 Å². The maximum atomic E-state index is 11.9. The summed E-state index contributed by atoms with van der Waals surface area (Å²) in [5.74, 6) is 0. The summed E-state index contributed by atoms with van der Waals surface area (Å²) in [5, 5.41) is 2.90. The molecule has 4 heteroatoms. The van der Waals surface area contributed by atoms with Gasteiger partial charge in [-0.1, -0.05) is 0 Å². The van der Waals surface area contributed by atoms with Crippen LogP contribution in [-0.4, -0.2) is 29.0 Å². The summed E-state index contributed by atoms with van der Waals surface area (Å²) in [6, 6.07) is 1.89. The summed E-state index contributed by atoms with van der Waals surface area (Å²) in [6.45, 7) is 3.70. The van der Waals surface area contributed by atoms with Gasteiger partial charge in [0.15, 0.2) is 0 Å². The van der Waals surface area contributed by atoms with Gasteiger partial charge in [-0.15, -0.1) is 0 Å². The van der Waals surface area contributed by atoms with Gasteiger partial charge in [0, 0.05) is 19.3 Å². The number of amides is 2. The number of nitrogens with zero attached hydrogens (tertiary/aromatic N) is 2. The minimum absolute atomic E-state index is 0.00389. The summed E-state index contributed by atoms with van der Waals surface area (Å²) in [5.41, 5.74) is 1.85. The van der Waals surface area contributed by atoms with Crippen molar-refractivity contribution in [2.45, 2.75) is 26.2 Å². The molecule has 1 fully saturated rings. The van der Waals surface area contributed by atoms with Gasteiger partial charge in [0.1, 0.15) is 0 Å². The molecule has 0 atom stereocenters. The number of likely N-dealkylation sites (tertiary alicyclic amines) is 1. The number of aromatic nitrogens is 1. The lowest BCUT2D eigenvalue weighted by atomic mass is 10.1. The molecule has 1 aromatic rings. The molecular weight excluding hydrogens is 202 g/mol. The molecule has 86 valence electrons. The van der Waals surface area contributed by atoms with Crippen LogP contribution in [0.2, 0.25) is 0 Å². The zero-order valence-corrected chi connectivity index (χ0v) is 9.57. The number of pyridine rings is 1. The van der Waals surface area contributed by atoms with E-state index < -0.39 is 0 Å². The summed E-state index contributed by atoms with van der Waals surface area (Å²) in [6.07, 6.45) is 6.87. The van der Waals surface area contributed by atoms with E-state index in [1.54, 1.807) is 12.4 Å². The van der Waals surface area contributed by atoms with Gasteiger partial charge >= 0.3 is 6.03 Å². The molecule has 0 radical (unpaired) electrons. The van der Waals surface area contributed by atoms with Crippen LogP contribution in [0.5, 0.6) is 0 Å². The van der Waals surface area contributed by atoms with E-state index in [2.05, 4.69) is 10.3 Å². The molecule has 4 nitrogen and oxygen atoms in total. The number of anilines is 1. The Balaban J connectivity index is 1.99. The normalized spacial score (nSPS) is 15.9. The maximum absolute atomic E-state index is 11.9. The Bertz CT molecular complexity index is 372. The van der Waals surface area contributed by atoms with Gasteiger partial charge in [0.05, 0.1) is 11.9 Å². The second-order valence-electron chi connectivity index (χ2n) is 4.17. The largest absolute Gasteiger partial charge is 0.325 e. The highest BCUT2D eigenvalue weighted by Gasteiger charge is 2.16. The summed E-state index contributed by atoms with van der Waals surface area (Å²) in [4.78, 5) is 17.8. The fourth-order valence-electron chi connectivity index (χ4n) is 1.89. The lowest BCUT2D eigenvalue weighted by molar-refractivity contribution is 0.200. The van der Waals surface area contributed by atoms with E-state index in [4.69, 9.17) is 0 Å². The van der Waals surface area contributed by atoms with Gasteiger partial charge in [0.25, 0.3) is 0 Å². The molecule has 0 saturated carbocycles. The fourth-order valence-corrected chi connectivity index (χ4v) is 1.89. The monoisotopic (exact) mass is 219 g/mol. The lowest BCUT2D eigenvalue weighted by Gasteiger charge is -2.27. The topological polar surface area (TPSA) is 45.2 Å². The molecular formula is C12H17N3O. The Labute approximate surface area is 95.7 Å². The van der Waals surface area contributed by atoms with Crippen LogP contribution in [0, 0.1) is 6.92 Å². The minimum atomic E-state index is -0.00389. The second kappa shape index (κ2) is 4.96. The molecule has 0 spiro atoms. The van der Waals surface area contributed by atoms with Crippen molar-refractivity contribution in [1.82, 2.24) is 9.88 Å². The Hall–Kier alpha value is -1.58. The highest BCUT2D eigenvalue weighted by Crippen LogP contribution is 2.14. The van der Waals surface area contributed by atoms with Crippen LogP contribution < -0.4 is 5.32 Å². The van der Waals surface area contributed by atoms with Crippen LogP contribution in [0.25, 0.3) is 0 Å². The molecule has 1 aromatic heterocycles. The van der Waals surface area contributed by atoms with Gasteiger partial charge in [-0.25, -0.2) is 4.79 Å². The van der Waals surface area contributed by atoms with Crippen LogP contribution >= 0.6 is 0 Å². The first-order chi connectivity index (χ1) is 7.77. The number of hydrogen-bond acceptors (Lipinski definition) is 2. The third-order valence-corrected chi connectivity index (χ3v) is 2.92. The number of carbonyl (C=O) groups excluding carboxylic acids is 1. The molecule has 1 aliphatic rings. The second-order valence-corrected chi connectivity index (χ2v) is 4.17. The first-order valence-electron chi connectivity index (χ1n) is 5.74. The van der Waals surface area contributed by atoms with Crippen molar-refractivity contribution in [3.63, 3.8) is 0 Å². The molecule has 16 heavy (non-hydrogen) atoms. The van der Waals surface area contributed by atoms with Crippen LogP contribution in [0.4, 0.5) is 10.5 Å². The maximum Gasteiger partial charge on any atom is 0.321 e. The van der Waals surface area contributed by atoms with Gasteiger partial charge in [-0.2, -0.15) is 0 Å². The summed E-state index contributed by atoms with van der Waals surface area (Å²) < 4.78 is 0. The molecule has 1 saturated heterocycles. The molecule has 2 amide bonds.